The largest absolute Gasteiger partial charge is 0.350 e. The van der Waals surface area contributed by atoms with Gasteiger partial charge in [0, 0.05) is 12.1 Å². The number of aryl methyl sites for hydroxylation is 1. The van der Waals surface area contributed by atoms with Gasteiger partial charge >= 0.3 is 0 Å². The molecule has 140 valence electrons. The van der Waals surface area contributed by atoms with E-state index in [1.165, 1.54) is 17.5 Å². The minimum absolute atomic E-state index is 0.0683. The van der Waals surface area contributed by atoms with Gasteiger partial charge in [-0.05, 0) is 44.3 Å². The Hall–Kier alpha value is -2.99. The molecule has 0 aliphatic carbocycles. The van der Waals surface area contributed by atoms with Crippen molar-refractivity contribution in [2.45, 2.75) is 19.5 Å². The molecule has 0 saturated heterocycles. The predicted octanol–water partition coefficient (Wildman–Crippen LogP) is 2.67. The minimum atomic E-state index is -0.0683. The average Bonchev–Trinajstić information content (AvgIpc) is 3.16. The van der Waals surface area contributed by atoms with E-state index in [4.69, 9.17) is 0 Å². The highest BCUT2D eigenvalue weighted by molar-refractivity contribution is 5.94. The first-order valence-corrected chi connectivity index (χ1v) is 8.95. The lowest BCUT2D eigenvalue weighted by molar-refractivity contribution is 0.0942. The molecule has 0 unspecified atom stereocenters. The maximum Gasteiger partial charge on any atom is 0.251 e. The second kappa shape index (κ2) is 8.60. The van der Waals surface area contributed by atoms with Gasteiger partial charge in [0.2, 0.25) is 0 Å². The summed E-state index contributed by atoms with van der Waals surface area (Å²) in [5.41, 5.74) is 4.14. The summed E-state index contributed by atoms with van der Waals surface area (Å²) in [6.07, 6.45) is 3.18. The molecular formula is C21H25N5O. The summed E-state index contributed by atoms with van der Waals surface area (Å²) >= 11 is 0. The number of hydrogen-bond donors (Lipinski definition) is 1. The van der Waals surface area contributed by atoms with Crippen LogP contribution in [0.1, 0.15) is 33.1 Å². The molecule has 27 heavy (non-hydrogen) atoms. The molecule has 1 atom stereocenters. The zero-order valence-corrected chi connectivity index (χ0v) is 16.0. The fourth-order valence-corrected chi connectivity index (χ4v) is 2.94. The summed E-state index contributed by atoms with van der Waals surface area (Å²) in [4.78, 5) is 18.6. The van der Waals surface area contributed by atoms with Gasteiger partial charge in [-0.15, -0.1) is 0 Å². The molecule has 0 aliphatic rings. The smallest absolute Gasteiger partial charge is 0.251 e. The Labute approximate surface area is 159 Å². The summed E-state index contributed by atoms with van der Waals surface area (Å²) in [7, 11) is 4.05. The quantitative estimate of drug-likeness (QED) is 0.701. The zero-order valence-electron chi connectivity index (χ0n) is 16.0. The second-order valence-electron chi connectivity index (χ2n) is 6.89. The molecular weight excluding hydrogens is 338 g/mol. The molecule has 3 rings (SSSR count). The standard InChI is InChI=1S/C21H25N5O/c1-16-4-8-18(9-5-16)20(25(2)3)12-23-21(27)19-10-6-17(7-11-19)13-26-15-22-14-24-26/h4-11,14-15,20H,12-13H2,1-3H3,(H,23,27)/t20-/m1/s1. The monoisotopic (exact) mass is 363 g/mol. The molecule has 1 N–H and O–H groups in total. The van der Waals surface area contributed by atoms with E-state index in [9.17, 15) is 4.79 Å². The molecule has 0 fully saturated rings. The van der Waals surface area contributed by atoms with Gasteiger partial charge in [0.1, 0.15) is 12.7 Å². The van der Waals surface area contributed by atoms with E-state index in [0.29, 0.717) is 18.7 Å². The van der Waals surface area contributed by atoms with Crippen LogP contribution < -0.4 is 5.32 Å². The third-order valence-electron chi connectivity index (χ3n) is 4.57. The normalized spacial score (nSPS) is 12.1. The molecule has 1 amide bonds. The van der Waals surface area contributed by atoms with Crippen molar-refractivity contribution in [3.63, 3.8) is 0 Å². The van der Waals surface area contributed by atoms with Gasteiger partial charge in [-0.2, -0.15) is 5.10 Å². The topological polar surface area (TPSA) is 63.1 Å². The Kier molecular flexibility index (Phi) is 5.98. The number of amides is 1. The van der Waals surface area contributed by atoms with Gasteiger partial charge in [0.15, 0.2) is 0 Å². The molecule has 6 heteroatoms. The highest BCUT2D eigenvalue weighted by Gasteiger charge is 2.15. The van der Waals surface area contributed by atoms with Gasteiger partial charge in [-0.3, -0.25) is 4.79 Å². The van der Waals surface area contributed by atoms with E-state index in [2.05, 4.69) is 51.5 Å². The van der Waals surface area contributed by atoms with E-state index in [-0.39, 0.29) is 11.9 Å². The number of likely N-dealkylation sites (N-methyl/N-ethyl adjacent to an activating group) is 1. The van der Waals surface area contributed by atoms with Crippen LogP contribution >= 0.6 is 0 Å². The van der Waals surface area contributed by atoms with E-state index in [0.717, 1.165) is 5.56 Å². The predicted molar refractivity (Wildman–Crippen MR) is 106 cm³/mol. The highest BCUT2D eigenvalue weighted by atomic mass is 16.1. The molecule has 0 saturated carbocycles. The summed E-state index contributed by atoms with van der Waals surface area (Å²) < 4.78 is 1.75. The Bertz CT molecular complexity index is 855. The van der Waals surface area contributed by atoms with Crippen molar-refractivity contribution >= 4 is 5.91 Å². The number of nitrogens with one attached hydrogen (secondary N) is 1. The number of nitrogens with zero attached hydrogens (tertiary/aromatic N) is 4. The molecule has 0 aliphatic heterocycles. The maximum atomic E-state index is 12.5. The fourth-order valence-electron chi connectivity index (χ4n) is 2.94. The Morgan fingerprint density at radius 2 is 1.81 bits per heavy atom. The van der Waals surface area contributed by atoms with Crippen molar-refractivity contribution in [1.29, 1.82) is 0 Å². The number of rotatable bonds is 7. The van der Waals surface area contributed by atoms with Gasteiger partial charge in [-0.1, -0.05) is 42.0 Å². The average molecular weight is 363 g/mol. The van der Waals surface area contributed by atoms with Crippen molar-refractivity contribution in [1.82, 2.24) is 25.0 Å². The highest BCUT2D eigenvalue weighted by Crippen LogP contribution is 2.18. The SMILES string of the molecule is Cc1ccc([C@@H](CNC(=O)c2ccc(Cn3cncn3)cc2)N(C)C)cc1. The van der Waals surface area contributed by atoms with Gasteiger partial charge in [0.25, 0.3) is 5.91 Å². The molecule has 2 aromatic carbocycles. The number of carbonyl (C=O) groups is 1. The molecule has 1 heterocycles. The third-order valence-corrected chi connectivity index (χ3v) is 4.57. The minimum Gasteiger partial charge on any atom is -0.350 e. The lowest BCUT2D eigenvalue weighted by Gasteiger charge is -2.25. The lowest BCUT2D eigenvalue weighted by atomic mass is 10.0. The van der Waals surface area contributed by atoms with Gasteiger partial charge in [-0.25, -0.2) is 9.67 Å². The van der Waals surface area contributed by atoms with E-state index >= 15 is 0 Å². The molecule has 0 radical (unpaired) electrons. The lowest BCUT2D eigenvalue weighted by Crippen LogP contribution is -2.34. The number of hydrogen-bond acceptors (Lipinski definition) is 4. The first-order chi connectivity index (χ1) is 13.0. The fraction of sp³-hybridized carbons (Fsp3) is 0.286. The Morgan fingerprint density at radius 3 is 2.41 bits per heavy atom. The van der Waals surface area contributed by atoms with Crippen LogP contribution in [0.4, 0.5) is 0 Å². The number of carbonyl (C=O) groups excluding carboxylic acids is 1. The van der Waals surface area contributed by atoms with Crippen LogP contribution in [0.2, 0.25) is 0 Å². The van der Waals surface area contributed by atoms with Crippen molar-refractivity contribution in [3.8, 4) is 0 Å². The van der Waals surface area contributed by atoms with Gasteiger partial charge in [0.05, 0.1) is 12.6 Å². The van der Waals surface area contributed by atoms with Crippen molar-refractivity contribution in [2.24, 2.45) is 0 Å². The number of benzene rings is 2. The second-order valence-corrected chi connectivity index (χ2v) is 6.89. The number of aromatic nitrogens is 3. The van der Waals surface area contributed by atoms with Crippen molar-refractivity contribution in [2.75, 3.05) is 20.6 Å². The molecule has 1 aromatic heterocycles. The molecule has 6 nitrogen and oxygen atoms in total. The first kappa shape index (κ1) is 18.8. The first-order valence-electron chi connectivity index (χ1n) is 8.95. The summed E-state index contributed by atoms with van der Waals surface area (Å²) in [5.74, 6) is -0.0683. The van der Waals surface area contributed by atoms with Crippen LogP contribution in [-0.4, -0.2) is 46.2 Å². The van der Waals surface area contributed by atoms with Gasteiger partial charge < -0.3 is 10.2 Å². The van der Waals surface area contributed by atoms with Crippen molar-refractivity contribution < 1.29 is 4.79 Å². The van der Waals surface area contributed by atoms with Crippen molar-refractivity contribution in [3.05, 3.63) is 83.4 Å². The molecule has 0 spiro atoms. The summed E-state index contributed by atoms with van der Waals surface area (Å²) in [6, 6.07) is 16.1. The molecule has 3 aromatic rings. The van der Waals surface area contributed by atoms with E-state index < -0.39 is 0 Å². The summed E-state index contributed by atoms with van der Waals surface area (Å²) in [5, 5.41) is 7.14. The summed E-state index contributed by atoms with van der Waals surface area (Å²) in [6.45, 7) is 3.26. The van der Waals surface area contributed by atoms with Crippen LogP contribution in [0.5, 0.6) is 0 Å². The third kappa shape index (κ3) is 5.01. The van der Waals surface area contributed by atoms with E-state index in [1.54, 1.807) is 11.0 Å². The Balaban J connectivity index is 1.61. The Morgan fingerprint density at radius 1 is 1.11 bits per heavy atom. The van der Waals surface area contributed by atoms with Crippen LogP contribution in [-0.2, 0) is 6.54 Å². The van der Waals surface area contributed by atoms with Crippen LogP contribution in [0.15, 0.2) is 61.2 Å². The maximum absolute atomic E-state index is 12.5. The van der Waals surface area contributed by atoms with Crippen LogP contribution in [0, 0.1) is 6.92 Å². The van der Waals surface area contributed by atoms with Crippen LogP contribution in [0.25, 0.3) is 0 Å². The van der Waals surface area contributed by atoms with E-state index in [1.807, 2.05) is 38.4 Å². The molecule has 0 bridgehead atoms. The zero-order chi connectivity index (χ0) is 19.2. The van der Waals surface area contributed by atoms with Crippen LogP contribution in [0.3, 0.4) is 0 Å².